The molecule has 1 unspecified atom stereocenters. The molecule has 0 saturated carbocycles. The van der Waals surface area contributed by atoms with Crippen molar-refractivity contribution in [3.05, 3.63) is 65.2 Å². The largest absolute Gasteiger partial charge is 0.478 e. The van der Waals surface area contributed by atoms with Crippen LogP contribution in [-0.4, -0.2) is 22.6 Å². The van der Waals surface area contributed by atoms with Gasteiger partial charge in [0.05, 0.1) is 6.04 Å². The number of hydrogen-bond acceptors (Lipinski definition) is 3. The molecule has 1 amide bonds. The summed E-state index contributed by atoms with van der Waals surface area (Å²) in [4.78, 5) is 23.5. The zero-order valence-corrected chi connectivity index (χ0v) is 14.9. The second-order valence-electron chi connectivity index (χ2n) is 6.50. The molecule has 0 spiro atoms. The SMILES string of the molecule is Cc1ccccc1C(=O)NC(C)c1ccc(OC(C)(C)C(=O)O)cc1. The molecular weight excluding hydrogens is 318 g/mol. The Balaban J connectivity index is 2.05. The molecule has 0 aromatic heterocycles. The van der Waals surface area contributed by atoms with Crippen LogP contribution >= 0.6 is 0 Å². The van der Waals surface area contributed by atoms with Crippen LogP contribution in [-0.2, 0) is 4.79 Å². The van der Waals surface area contributed by atoms with E-state index in [0.717, 1.165) is 11.1 Å². The van der Waals surface area contributed by atoms with Crippen LogP contribution in [0.2, 0.25) is 0 Å². The lowest BCUT2D eigenvalue weighted by atomic mass is 10.1. The van der Waals surface area contributed by atoms with Gasteiger partial charge >= 0.3 is 5.97 Å². The lowest BCUT2D eigenvalue weighted by Crippen LogP contribution is -2.37. The van der Waals surface area contributed by atoms with Gasteiger partial charge in [-0.2, -0.15) is 0 Å². The van der Waals surface area contributed by atoms with E-state index in [1.54, 1.807) is 18.2 Å². The Labute approximate surface area is 147 Å². The van der Waals surface area contributed by atoms with Crippen LogP contribution in [0.3, 0.4) is 0 Å². The lowest BCUT2D eigenvalue weighted by Gasteiger charge is -2.22. The zero-order chi connectivity index (χ0) is 18.6. The molecular formula is C20H23NO4. The van der Waals surface area contributed by atoms with Gasteiger partial charge in [0.1, 0.15) is 5.75 Å². The molecule has 0 fully saturated rings. The van der Waals surface area contributed by atoms with Crippen molar-refractivity contribution >= 4 is 11.9 Å². The van der Waals surface area contributed by atoms with Crippen molar-refractivity contribution in [2.45, 2.75) is 39.3 Å². The third kappa shape index (κ3) is 4.59. The van der Waals surface area contributed by atoms with Gasteiger partial charge in [0.2, 0.25) is 0 Å². The molecule has 0 aliphatic carbocycles. The number of hydrogen-bond donors (Lipinski definition) is 2. The molecule has 5 nitrogen and oxygen atoms in total. The lowest BCUT2D eigenvalue weighted by molar-refractivity contribution is -0.152. The van der Waals surface area contributed by atoms with Crippen LogP contribution in [0, 0.1) is 6.92 Å². The van der Waals surface area contributed by atoms with Gasteiger partial charge in [0, 0.05) is 5.56 Å². The molecule has 0 saturated heterocycles. The first kappa shape index (κ1) is 18.5. The summed E-state index contributed by atoms with van der Waals surface area (Å²) < 4.78 is 5.48. The first-order valence-corrected chi connectivity index (χ1v) is 8.09. The first-order valence-electron chi connectivity index (χ1n) is 8.09. The predicted molar refractivity (Wildman–Crippen MR) is 95.8 cm³/mol. The summed E-state index contributed by atoms with van der Waals surface area (Å²) in [5.41, 5.74) is 1.18. The van der Waals surface area contributed by atoms with E-state index in [1.807, 2.05) is 44.2 Å². The Morgan fingerprint density at radius 1 is 1.08 bits per heavy atom. The van der Waals surface area contributed by atoms with Gasteiger partial charge in [-0.05, 0) is 57.0 Å². The number of amides is 1. The van der Waals surface area contributed by atoms with Crippen LogP contribution in [0.1, 0.15) is 48.3 Å². The maximum Gasteiger partial charge on any atom is 0.347 e. The molecule has 2 rings (SSSR count). The first-order chi connectivity index (χ1) is 11.7. The molecule has 2 aromatic carbocycles. The van der Waals surface area contributed by atoms with Gasteiger partial charge in [-0.3, -0.25) is 4.79 Å². The number of rotatable bonds is 6. The molecule has 5 heteroatoms. The van der Waals surface area contributed by atoms with Crippen molar-refractivity contribution in [3.8, 4) is 5.75 Å². The van der Waals surface area contributed by atoms with Crippen molar-refractivity contribution in [2.24, 2.45) is 0 Å². The minimum atomic E-state index is -1.30. The number of ether oxygens (including phenoxy) is 1. The van der Waals surface area contributed by atoms with E-state index in [4.69, 9.17) is 9.84 Å². The van der Waals surface area contributed by atoms with Crippen LogP contribution < -0.4 is 10.1 Å². The Morgan fingerprint density at radius 3 is 2.24 bits per heavy atom. The summed E-state index contributed by atoms with van der Waals surface area (Å²) >= 11 is 0. The monoisotopic (exact) mass is 341 g/mol. The van der Waals surface area contributed by atoms with E-state index in [0.29, 0.717) is 11.3 Å². The van der Waals surface area contributed by atoms with Crippen LogP contribution in [0.15, 0.2) is 48.5 Å². The molecule has 1 atom stereocenters. The van der Waals surface area contributed by atoms with E-state index in [2.05, 4.69) is 5.32 Å². The smallest absolute Gasteiger partial charge is 0.347 e. The number of carbonyl (C=O) groups is 2. The minimum absolute atomic E-state index is 0.127. The van der Waals surface area contributed by atoms with E-state index in [9.17, 15) is 9.59 Å². The fourth-order valence-electron chi connectivity index (χ4n) is 2.35. The fraction of sp³-hybridized carbons (Fsp3) is 0.300. The Kier molecular flexibility index (Phi) is 5.47. The molecule has 2 N–H and O–H groups in total. The molecule has 25 heavy (non-hydrogen) atoms. The van der Waals surface area contributed by atoms with Gasteiger partial charge < -0.3 is 15.2 Å². The minimum Gasteiger partial charge on any atom is -0.478 e. The summed E-state index contributed by atoms with van der Waals surface area (Å²) in [6, 6.07) is 14.3. The van der Waals surface area contributed by atoms with E-state index < -0.39 is 11.6 Å². The number of carbonyl (C=O) groups excluding carboxylic acids is 1. The highest BCUT2D eigenvalue weighted by molar-refractivity contribution is 5.95. The maximum atomic E-state index is 12.4. The average Bonchev–Trinajstić information content (AvgIpc) is 2.55. The number of carboxylic acids is 1. The zero-order valence-electron chi connectivity index (χ0n) is 14.9. The summed E-state index contributed by atoms with van der Waals surface area (Å²) in [6.07, 6.45) is 0. The fourth-order valence-corrected chi connectivity index (χ4v) is 2.35. The van der Waals surface area contributed by atoms with E-state index in [-0.39, 0.29) is 11.9 Å². The molecule has 2 aromatic rings. The van der Waals surface area contributed by atoms with Crippen LogP contribution in [0.25, 0.3) is 0 Å². The van der Waals surface area contributed by atoms with Gasteiger partial charge in [-0.1, -0.05) is 30.3 Å². The second kappa shape index (κ2) is 7.38. The Bertz CT molecular complexity index is 766. The summed E-state index contributed by atoms with van der Waals surface area (Å²) in [5.74, 6) is -0.693. The van der Waals surface area contributed by atoms with Gasteiger partial charge in [-0.25, -0.2) is 4.79 Å². The van der Waals surface area contributed by atoms with E-state index >= 15 is 0 Å². The number of aryl methyl sites for hydroxylation is 1. The molecule has 0 aliphatic heterocycles. The maximum absolute atomic E-state index is 12.4. The van der Waals surface area contributed by atoms with Crippen molar-refractivity contribution in [1.29, 1.82) is 0 Å². The van der Waals surface area contributed by atoms with Crippen molar-refractivity contribution in [3.63, 3.8) is 0 Å². The third-order valence-electron chi connectivity index (χ3n) is 4.01. The molecule has 132 valence electrons. The van der Waals surface area contributed by atoms with Crippen LogP contribution in [0.4, 0.5) is 0 Å². The summed E-state index contributed by atoms with van der Waals surface area (Å²) in [5, 5.41) is 12.1. The van der Waals surface area contributed by atoms with E-state index in [1.165, 1.54) is 13.8 Å². The number of carboxylic acid groups (broad SMARTS) is 1. The third-order valence-corrected chi connectivity index (χ3v) is 4.01. The van der Waals surface area contributed by atoms with Gasteiger partial charge in [0.25, 0.3) is 5.91 Å². The highest BCUT2D eigenvalue weighted by Gasteiger charge is 2.29. The topological polar surface area (TPSA) is 75.6 Å². The van der Waals surface area contributed by atoms with Crippen molar-refractivity contribution in [1.82, 2.24) is 5.32 Å². The number of aliphatic carboxylic acids is 1. The normalized spacial score (nSPS) is 12.3. The molecule has 0 aliphatic rings. The molecule has 0 radical (unpaired) electrons. The molecule has 0 heterocycles. The second-order valence-corrected chi connectivity index (χ2v) is 6.50. The number of nitrogens with one attached hydrogen (secondary N) is 1. The predicted octanol–water partition coefficient (Wildman–Crippen LogP) is 3.73. The van der Waals surface area contributed by atoms with Crippen molar-refractivity contribution in [2.75, 3.05) is 0 Å². The standard InChI is InChI=1S/C20H23NO4/c1-13-7-5-6-8-17(13)18(22)21-14(2)15-9-11-16(12-10-15)25-20(3,4)19(23)24/h5-12,14H,1-4H3,(H,21,22)(H,23,24). The number of benzene rings is 2. The summed E-state index contributed by atoms with van der Waals surface area (Å²) in [6.45, 7) is 6.78. The van der Waals surface area contributed by atoms with Gasteiger partial charge in [-0.15, -0.1) is 0 Å². The Morgan fingerprint density at radius 2 is 1.68 bits per heavy atom. The Hall–Kier alpha value is -2.82. The van der Waals surface area contributed by atoms with Crippen LogP contribution in [0.5, 0.6) is 5.75 Å². The van der Waals surface area contributed by atoms with Crippen molar-refractivity contribution < 1.29 is 19.4 Å². The quantitative estimate of drug-likeness (QED) is 0.839. The molecule has 0 bridgehead atoms. The highest BCUT2D eigenvalue weighted by atomic mass is 16.5. The summed E-state index contributed by atoms with van der Waals surface area (Å²) in [7, 11) is 0. The average molecular weight is 341 g/mol. The highest BCUT2D eigenvalue weighted by Crippen LogP contribution is 2.22. The van der Waals surface area contributed by atoms with Gasteiger partial charge in [0.15, 0.2) is 5.60 Å².